The second-order valence-electron chi connectivity index (χ2n) is 4.09. The molecule has 0 saturated heterocycles. The molecule has 0 bridgehead atoms. The molecule has 116 valence electrons. The maximum Gasteiger partial charge on any atom is 0.336 e. The third-order valence-electron chi connectivity index (χ3n) is 2.39. The van der Waals surface area contributed by atoms with Crippen LogP contribution >= 0.6 is 7.60 Å². The van der Waals surface area contributed by atoms with Gasteiger partial charge in [-0.1, -0.05) is 35.5 Å². The van der Waals surface area contributed by atoms with E-state index in [4.69, 9.17) is 9.05 Å². The van der Waals surface area contributed by atoms with Crippen molar-refractivity contribution in [2.24, 2.45) is 5.16 Å². The molecule has 0 N–H and O–H groups in total. The Hall–Kier alpha value is -1.49. The molecule has 0 amide bonds. The van der Waals surface area contributed by atoms with Crippen molar-refractivity contribution in [1.29, 1.82) is 0 Å². The van der Waals surface area contributed by atoms with Crippen molar-refractivity contribution in [1.82, 2.24) is 0 Å². The van der Waals surface area contributed by atoms with Gasteiger partial charge in [-0.3, -0.25) is 4.57 Å². The van der Waals surface area contributed by atoms with Gasteiger partial charge in [-0.2, -0.15) is 0 Å². The van der Waals surface area contributed by atoms with E-state index in [9.17, 15) is 9.36 Å². The summed E-state index contributed by atoms with van der Waals surface area (Å²) in [5.41, 5.74) is 1.04. The SMILES string of the molecule is CCOP(=O)(CC(=NOC(C)=O)c1ccccc1)OCC. The first-order valence-corrected chi connectivity index (χ1v) is 8.41. The maximum absolute atomic E-state index is 12.6. The highest BCUT2D eigenvalue weighted by Gasteiger charge is 2.27. The van der Waals surface area contributed by atoms with Crippen LogP contribution in [0.15, 0.2) is 35.5 Å². The van der Waals surface area contributed by atoms with Gasteiger partial charge in [0, 0.05) is 6.92 Å². The molecule has 0 aliphatic rings. The number of hydrogen-bond donors (Lipinski definition) is 0. The number of carbonyl (C=O) groups excluding carboxylic acids is 1. The molecule has 0 radical (unpaired) electrons. The molecule has 6 nitrogen and oxygen atoms in total. The average molecular weight is 313 g/mol. The molecule has 1 aromatic rings. The molecule has 21 heavy (non-hydrogen) atoms. The summed E-state index contributed by atoms with van der Waals surface area (Å²) in [4.78, 5) is 15.6. The summed E-state index contributed by atoms with van der Waals surface area (Å²) in [5, 5.41) is 3.78. The lowest BCUT2D eigenvalue weighted by Crippen LogP contribution is -2.13. The molecule has 1 rings (SSSR count). The molecule has 0 aromatic heterocycles. The summed E-state index contributed by atoms with van der Waals surface area (Å²) in [7, 11) is -3.32. The topological polar surface area (TPSA) is 74.2 Å². The molecular formula is C14H20NO5P. The van der Waals surface area contributed by atoms with Gasteiger partial charge in [0.25, 0.3) is 0 Å². The Morgan fingerprint density at radius 1 is 1.14 bits per heavy atom. The lowest BCUT2D eigenvalue weighted by molar-refractivity contribution is -0.140. The van der Waals surface area contributed by atoms with E-state index in [0.717, 1.165) is 0 Å². The van der Waals surface area contributed by atoms with Crippen LogP contribution < -0.4 is 0 Å². The molecule has 7 heteroatoms. The van der Waals surface area contributed by atoms with Gasteiger partial charge in [0.1, 0.15) is 0 Å². The van der Waals surface area contributed by atoms with Crippen LogP contribution in [-0.4, -0.2) is 31.1 Å². The van der Waals surface area contributed by atoms with Gasteiger partial charge < -0.3 is 13.9 Å². The Balaban J connectivity index is 3.04. The summed E-state index contributed by atoms with van der Waals surface area (Å²) in [6, 6.07) is 9.03. The van der Waals surface area contributed by atoms with E-state index < -0.39 is 13.6 Å². The number of rotatable bonds is 8. The van der Waals surface area contributed by atoms with Gasteiger partial charge >= 0.3 is 13.6 Å². The van der Waals surface area contributed by atoms with Crippen LogP contribution in [0.2, 0.25) is 0 Å². The Bertz CT molecular complexity index is 519. The van der Waals surface area contributed by atoms with E-state index in [1.54, 1.807) is 26.0 Å². The second-order valence-corrected chi connectivity index (χ2v) is 6.15. The van der Waals surface area contributed by atoms with Gasteiger partial charge in [-0.15, -0.1) is 0 Å². The van der Waals surface area contributed by atoms with Crippen LogP contribution in [0.1, 0.15) is 26.3 Å². The first-order chi connectivity index (χ1) is 10.0. The molecule has 0 heterocycles. The van der Waals surface area contributed by atoms with E-state index >= 15 is 0 Å². The Morgan fingerprint density at radius 2 is 1.71 bits per heavy atom. The number of hydrogen-bond acceptors (Lipinski definition) is 6. The molecule has 0 spiro atoms. The summed E-state index contributed by atoms with van der Waals surface area (Å²) in [5.74, 6) is -0.550. The van der Waals surface area contributed by atoms with Crippen LogP contribution in [0, 0.1) is 0 Å². The first-order valence-electron chi connectivity index (χ1n) is 6.68. The van der Waals surface area contributed by atoms with Crippen LogP contribution in [0.25, 0.3) is 0 Å². The maximum atomic E-state index is 12.6. The summed E-state index contributed by atoms with van der Waals surface area (Å²) < 4.78 is 23.1. The van der Waals surface area contributed by atoms with Crippen LogP contribution in [0.5, 0.6) is 0 Å². The van der Waals surface area contributed by atoms with Crippen LogP contribution in [0.3, 0.4) is 0 Å². The molecule has 0 saturated carbocycles. The highest BCUT2D eigenvalue weighted by molar-refractivity contribution is 7.55. The molecule has 0 aliphatic carbocycles. The van der Waals surface area contributed by atoms with Crippen molar-refractivity contribution in [2.75, 3.05) is 19.4 Å². The Labute approximate surface area is 124 Å². The predicted molar refractivity (Wildman–Crippen MR) is 80.5 cm³/mol. The van der Waals surface area contributed by atoms with Gasteiger partial charge in [0.05, 0.1) is 25.1 Å². The minimum atomic E-state index is -3.32. The minimum absolute atomic E-state index is 0.0635. The summed E-state index contributed by atoms with van der Waals surface area (Å²) in [6.07, 6.45) is -0.0635. The fourth-order valence-corrected chi connectivity index (χ4v) is 3.28. The quantitative estimate of drug-likeness (QED) is 0.319. The van der Waals surface area contributed by atoms with Gasteiger partial charge in [-0.25, -0.2) is 4.79 Å². The third kappa shape index (κ3) is 6.21. The zero-order chi connectivity index (χ0) is 15.7. The number of benzene rings is 1. The van der Waals surface area contributed by atoms with Crippen LogP contribution in [0.4, 0.5) is 0 Å². The third-order valence-corrected chi connectivity index (χ3v) is 4.38. The molecule has 1 aromatic carbocycles. The largest absolute Gasteiger partial charge is 0.336 e. The van der Waals surface area contributed by atoms with Crippen molar-refractivity contribution in [3.05, 3.63) is 35.9 Å². The fourth-order valence-electron chi connectivity index (χ4n) is 1.63. The Morgan fingerprint density at radius 3 is 2.19 bits per heavy atom. The molecular weight excluding hydrogens is 293 g/mol. The smallest absolute Gasteiger partial charge is 0.318 e. The van der Waals surface area contributed by atoms with Gasteiger partial charge in [0.15, 0.2) is 0 Å². The van der Waals surface area contributed by atoms with Gasteiger partial charge in [-0.05, 0) is 19.4 Å². The molecule has 0 unspecified atom stereocenters. The van der Waals surface area contributed by atoms with Crippen molar-refractivity contribution < 1.29 is 23.2 Å². The Kier molecular flexibility index (Phi) is 7.29. The van der Waals surface area contributed by atoms with E-state index in [1.807, 2.05) is 18.2 Å². The predicted octanol–water partition coefficient (Wildman–Crippen LogP) is 3.22. The zero-order valence-corrected chi connectivity index (χ0v) is 13.3. The van der Waals surface area contributed by atoms with Crippen molar-refractivity contribution in [3.63, 3.8) is 0 Å². The summed E-state index contributed by atoms with van der Waals surface area (Å²) in [6.45, 7) is 5.23. The van der Waals surface area contributed by atoms with Crippen molar-refractivity contribution in [2.45, 2.75) is 20.8 Å². The lowest BCUT2D eigenvalue weighted by Gasteiger charge is -2.17. The standard InChI is InChI=1S/C14H20NO5P/c1-4-18-21(17,19-5-2)11-14(15-20-12(3)16)13-9-7-6-8-10-13/h6-10H,4-5,11H2,1-3H3. The molecule has 0 atom stereocenters. The van der Waals surface area contributed by atoms with Crippen molar-refractivity contribution in [3.8, 4) is 0 Å². The zero-order valence-electron chi connectivity index (χ0n) is 12.4. The van der Waals surface area contributed by atoms with Crippen molar-refractivity contribution >= 4 is 19.3 Å². The van der Waals surface area contributed by atoms with E-state index in [0.29, 0.717) is 11.3 Å². The first kappa shape index (κ1) is 17.6. The normalized spacial score (nSPS) is 12.2. The number of carbonyl (C=O) groups is 1. The van der Waals surface area contributed by atoms with E-state index in [-0.39, 0.29) is 19.4 Å². The number of oxime groups is 1. The molecule has 0 fully saturated rings. The van der Waals surface area contributed by atoms with E-state index in [2.05, 4.69) is 9.99 Å². The van der Waals surface area contributed by atoms with Gasteiger partial charge in [0.2, 0.25) is 0 Å². The van der Waals surface area contributed by atoms with Crippen LogP contribution in [-0.2, 0) is 23.2 Å². The highest BCUT2D eigenvalue weighted by atomic mass is 31.2. The highest BCUT2D eigenvalue weighted by Crippen LogP contribution is 2.48. The monoisotopic (exact) mass is 313 g/mol. The van der Waals surface area contributed by atoms with E-state index in [1.165, 1.54) is 6.92 Å². The second kappa shape index (κ2) is 8.72. The minimum Gasteiger partial charge on any atom is -0.318 e. The fraction of sp³-hybridized carbons (Fsp3) is 0.429. The molecule has 0 aliphatic heterocycles. The lowest BCUT2D eigenvalue weighted by atomic mass is 10.1. The number of nitrogens with zero attached hydrogens (tertiary/aromatic N) is 1. The summed E-state index contributed by atoms with van der Waals surface area (Å²) >= 11 is 0. The average Bonchev–Trinajstić information content (AvgIpc) is 2.45.